The number of allylic oxidation sites excluding steroid dienone is 1. The summed E-state index contributed by atoms with van der Waals surface area (Å²) in [5, 5.41) is 17.7. The molecule has 4 heteroatoms. The van der Waals surface area contributed by atoms with Gasteiger partial charge in [0, 0.05) is 0 Å². The highest BCUT2D eigenvalue weighted by molar-refractivity contribution is 5.77. The van der Waals surface area contributed by atoms with Crippen LogP contribution < -0.4 is 0 Å². The standard InChI is InChI=1S/C10H14O4/c1-10(9(13)14)5-2-3-7(4-6-10)8(11)12/h2,5,7H,3-4,6H2,1H3,(H,11,12)(H,13,14). The normalized spacial score (nSPS) is 32.2. The summed E-state index contributed by atoms with van der Waals surface area (Å²) < 4.78 is 0. The van der Waals surface area contributed by atoms with Crippen LogP contribution in [0.3, 0.4) is 0 Å². The molecule has 2 atom stereocenters. The van der Waals surface area contributed by atoms with E-state index >= 15 is 0 Å². The Bertz CT molecular complexity index is 282. The number of hydrogen-bond acceptors (Lipinski definition) is 2. The third-order valence-corrected chi connectivity index (χ3v) is 2.76. The van der Waals surface area contributed by atoms with E-state index in [9.17, 15) is 9.59 Å². The summed E-state index contributed by atoms with van der Waals surface area (Å²) in [6, 6.07) is 0. The van der Waals surface area contributed by atoms with E-state index in [1.54, 1.807) is 19.1 Å². The van der Waals surface area contributed by atoms with Gasteiger partial charge in [-0.2, -0.15) is 0 Å². The van der Waals surface area contributed by atoms with Crippen molar-refractivity contribution in [3.63, 3.8) is 0 Å². The van der Waals surface area contributed by atoms with Gasteiger partial charge in [0.25, 0.3) is 0 Å². The zero-order valence-corrected chi connectivity index (χ0v) is 8.06. The summed E-state index contributed by atoms with van der Waals surface area (Å²) >= 11 is 0. The summed E-state index contributed by atoms with van der Waals surface area (Å²) in [6.45, 7) is 1.62. The predicted molar refractivity (Wildman–Crippen MR) is 49.9 cm³/mol. The summed E-state index contributed by atoms with van der Waals surface area (Å²) in [5.74, 6) is -2.17. The monoisotopic (exact) mass is 198 g/mol. The molecule has 0 radical (unpaired) electrons. The minimum absolute atomic E-state index is 0.385. The van der Waals surface area contributed by atoms with E-state index in [1.165, 1.54) is 0 Å². The second kappa shape index (κ2) is 3.82. The van der Waals surface area contributed by atoms with Crippen LogP contribution in [-0.4, -0.2) is 22.2 Å². The third-order valence-electron chi connectivity index (χ3n) is 2.76. The average Bonchev–Trinajstić information content (AvgIpc) is 2.28. The highest BCUT2D eigenvalue weighted by Crippen LogP contribution is 2.32. The average molecular weight is 198 g/mol. The Balaban J connectivity index is 2.75. The minimum atomic E-state index is -0.899. The Morgan fingerprint density at radius 1 is 1.43 bits per heavy atom. The molecular weight excluding hydrogens is 184 g/mol. The van der Waals surface area contributed by atoms with E-state index in [1.807, 2.05) is 0 Å². The second-order valence-electron chi connectivity index (χ2n) is 3.93. The first-order valence-electron chi connectivity index (χ1n) is 4.59. The van der Waals surface area contributed by atoms with E-state index in [0.717, 1.165) is 0 Å². The number of carboxylic acid groups (broad SMARTS) is 2. The molecule has 0 aliphatic heterocycles. The molecule has 2 N–H and O–H groups in total. The maximum atomic E-state index is 10.9. The number of rotatable bonds is 2. The molecule has 0 fully saturated rings. The van der Waals surface area contributed by atoms with Gasteiger partial charge in [0.15, 0.2) is 0 Å². The molecule has 0 heterocycles. The first-order chi connectivity index (χ1) is 6.46. The fraction of sp³-hybridized carbons (Fsp3) is 0.600. The zero-order valence-electron chi connectivity index (χ0n) is 8.06. The molecule has 0 aromatic heterocycles. The van der Waals surface area contributed by atoms with Gasteiger partial charge in [-0.25, -0.2) is 0 Å². The molecule has 2 unspecified atom stereocenters. The summed E-state index contributed by atoms with van der Waals surface area (Å²) in [4.78, 5) is 21.6. The molecular formula is C10H14O4. The third kappa shape index (κ3) is 2.13. The summed E-state index contributed by atoms with van der Waals surface area (Å²) in [7, 11) is 0. The minimum Gasteiger partial charge on any atom is -0.481 e. The topological polar surface area (TPSA) is 74.6 Å². The lowest BCUT2D eigenvalue weighted by Crippen LogP contribution is -2.25. The van der Waals surface area contributed by atoms with Crippen molar-refractivity contribution in [3.05, 3.63) is 12.2 Å². The Morgan fingerprint density at radius 2 is 2.07 bits per heavy atom. The molecule has 1 aliphatic rings. The second-order valence-corrected chi connectivity index (χ2v) is 3.93. The van der Waals surface area contributed by atoms with Gasteiger partial charge in [0.1, 0.15) is 0 Å². The van der Waals surface area contributed by atoms with Crippen molar-refractivity contribution in [2.45, 2.75) is 26.2 Å². The van der Waals surface area contributed by atoms with Crippen LogP contribution in [0.15, 0.2) is 12.2 Å². The van der Waals surface area contributed by atoms with Gasteiger partial charge < -0.3 is 10.2 Å². The van der Waals surface area contributed by atoms with Crippen LogP contribution in [0, 0.1) is 11.3 Å². The van der Waals surface area contributed by atoms with Gasteiger partial charge in [0.05, 0.1) is 11.3 Å². The van der Waals surface area contributed by atoms with Gasteiger partial charge in [-0.1, -0.05) is 12.2 Å². The molecule has 0 saturated heterocycles. The van der Waals surface area contributed by atoms with Crippen molar-refractivity contribution < 1.29 is 19.8 Å². The van der Waals surface area contributed by atoms with E-state index in [-0.39, 0.29) is 0 Å². The maximum Gasteiger partial charge on any atom is 0.313 e. The number of aliphatic carboxylic acids is 2. The van der Waals surface area contributed by atoms with Gasteiger partial charge in [-0.3, -0.25) is 9.59 Å². The van der Waals surface area contributed by atoms with Crippen molar-refractivity contribution in [2.75, 3.05) is 0 Å². The fourth-order valence-corrected chi connectivity index (χ4v) is 1.57. The molecule has 1 rings (SSSR count). The van der Waals surface area contributed by atoms with Crippen LogP contribution in [0.4, 0.5) is 0 Å². The van der Waals surface area contributed by atoms with Gasteiger partial charge >= 0.3 is 11.9 Å². The molecule has 0 saturated carbocycles. The van der Waals surface area contributed by atoms with Crippen LogP contribution in [0.5, 0.6) is 0 Å². The van der Waals surface area contributed by atoms with Crippen molar-refractivity contribution in [1.82, 2.24) is 0 Å². The molecule has 0 aromatic carbocycles. The number of carbonyl (C=O) groups is 2. The van der Waals surface area contributed by atoms with Gasteiger partial charge in [0.2, 0.25) is 0 Å². The van der Waals surface area contributed by atoms with Crippen LogP contribution in [0.2, 0.25) is 0 Å². The quantitative estimate of drug-likeness (QED) is 0.659. The van der Waals surface area contributed by atoms with E-state index in [0.29, 0.717) is 19.3 Å². The highest BCUT2D eigenvalue weighted by Gasteiger charge is 2.33. The van der Waals surface area contributed by atoms with E-state index in [4.69, 9.17) is 10.2 Å². The molecule has 1 aliphatic carbocycles. The van der Waals surface area contributed by atoms with Crippen molar-refractivity contribution in [1.29, 1.82) is 0 Å². The molecule has 0 amide bonds. The largest absolute Gasteiger partial charge is 0.481 e. The van der Waals surface area contributed by atoms with Crippen LogP contribution in [0.1, 0.15) is 26.2 Å². The van der Waals surface area contributed by atoms with Gasteiger partial charge in [-0.05, 0) is 26.2 Å². The Hall–Kier alpha value is -1.32. The number of hydrogen-bond donors (Lipinski definition) is 2. The molecule has 0 spiro atoms. The molecule has 0 bridgehead atoms. The molecule has 0 aromatic rings. The lowest BCUT2D eigenvalue weighted by molar-refractivity contribution is -0.147. The van der Waals surface area contributed by atoms with E-state index < -0.39 is 23.3 Å². The first kappa shape index (κ1) is 10.8. The van der Waals surface area contributed by atoms with Crippen molar-refractivity contribution in [2.24, 2.45) is 11.3 Å². The van der Waals surface area contributed by atoms with Crippen LogP contribution in [-0.2, 0) is 9.59 Å². The summed E-state index contributed by atoms with van der Waals surface area (Å²) in [5.41, 5.74) is -0.899. The fourth-order valence-electron chi connectivity index (χ4n) is 1.57. The SMILES string of the molecule is CC1(C(=O)O)C=CCC(C(=O)O)CC1. The Morgan fingerprint density at radius 3 is 2.57 bits per heavy atom. The van der Waals surface area contributed by atoms with Crippen molar-refractivity contribution >= 4 is 11.9 Å². The van der Waals surface area contributed by atoms with E-state index in [2.05, 4.69) is 0 Å². The molecule has 14 heavy (non-hydrogen) atoms. The smallest absolute Gasteiger partial charge is 0.313 e. The Labute approximate surface area is 82.2 Å². The maximum absolute atomic E-state index is 10.9. The predicted octanol–water partition coefficient (Wildman–Crippen LogP) is 1.52. The number of carboxylic acids is 2. The summed E-state index contributed by atoms with van der Waals surface area (Å²) in [6.07, 6.45) is 4.51. The zero-order chi connectivity index (χ0) is 10.8. The van der Waals surface area contributed by atoms with Gasteiger partial charge in [-0.15, -0.1) is 0 Å². The van der Waals surface area contributed by atoms with Crippen LogP contribution in [0.25, 0.3) is 0 Å². The lowest BCUT2D eigenvalue weighted by atomic mass is 9.85. The first-order valence-corrected chi connectivity index (χ1v) is 4.59. The van der Waals surface area contributed by atoms with Crippen molar-refractivity contribution in [3.8, 4) is 0 Å². The van der Waals surface area contributed by atoms with Crippen LogP contribution >= 0.6 is 0 Å². The molecule has 4 nitrogen and oxygen atoms in total. The lowest BCUT2D eigenvalue weighted by Gasteiger charge is -2.19. The highest BCUT2D eigenvalue weighted by atomic mass is 16.4. The molecule has 78 valence electrons. The Kier molecular flexibility index (Phi) is 2.93.